The molecule has 0 aromatic heterocycles. The number of likely N-dealkylation sites (tertiary alicyclic amines) is 1. The number of rotatable bonds is 5. The lowest BCUT2D eigenvalue weighted by molar-refractivity contribution is -0.151. The van der Waals surface area contributed by atoms with Gasteiger partial charge in [0, 0.05) is 12.6 Å². The number of piperidine rings is 1. The van der Waals surface area contributed by atoms with Crippen molar-refractivity contribution in [2.24, 2.45) is 5.73 Å². The number of carbonyl (C=O) groups excluding carboxylic acids is 1. The molecule has 0 aliphatic carbocycles. The highest BCUT2D eigenvalue weighted by Gasteiger charge is 2.32. The van der Waals surface area contributed by atoms with E-state index in [9.17, 15) is 4.79 Å². The van der Waals surface area contributed by atoms with Crippen molar-refractivity contribution in [2.75, 3.05) is 19.7 Å². The molecular formula is C12H24N2O2. The van der Waals surface area contributed by atoms with Gasteiger partial charge in [-0.15, -0.1) is 0 Å². The van der Waals surface area contributed by atoms with Crippen LogP contribution < -0.4 is 5.73 Å². The molecule has 4 nitrogen and oxygen atoms in total. The Morgan fingerprint density at radius 1 is 1.50 bits per heavy atom. The van der Waals surface area contributed by atoms with E-state index >= 15 is 0 Å². The lowest BCUT2D eigenvalue weighted by atomic mass is 9.99. The molecule has 2 N–H and O–H groups in total. The standard InChI is InChI=1S/C12H24N2O2/c1-3-11(12(15)16-4-2)14-8-6-5-7-10(14)9-13/h10-11H,3-9,13H2,1-2H3. The fraction of sp³-hybridized carbons (Fsp3) is 0.917. The Morgan fingerprint density at radius 3 is 2.81 bits per heavy atom. The molecule has 0 bridgehead atoms. The minimum absolute atomic E-state index is 0.0923. The van der Waals surface area contributed by atoms with Crippen molar-refractivity contribution in [1.82, 2.24) is 4.90 Å². The quantitative estimate of drug-likeness (QED) is 0.717. The lowest BCUT2D eigenvalue weighted by Crippen LogP contribution is -2.52. The van der Waals surface area contributed by atoms with Crippen LogP contribution in [0.5, 0.6) is 0 Å². The second-order valence-corrected chi connectivity index (χ2v) is 4.30. The van der Waals surface area contributed by atoms with Gasteiger partial charge in [-0.05, 0) is 32.7 Å². The molecule has 2 unspecified atom stereocenters. The Morgan fingerprint density at radius 2 is 2.25 bits per heavy atom. The van der Waals surface area contributed by atoms with E-state index in [2.05, 4.69) is 4.90 Å². The smallest absolute Gasteiger partial charge is 0.323 e. The normalized spacial score (nSPS) is 24.1. The molecule has 1 aliphatic heterocycles. The number of ether oxygens (including phenoxy) is 1. The van der Waals surface area contributed by atoms with Gasteiger partial charge in [0.2, 0.25) is 0 Å². The Labute approximate surface area is 98.1 Å². The minimum Gasteiger partial charge on any atom is -0.465 e. The summed E-state index contributed by atoms with van der Waals surface area (Å²) in [6.45, 7) is 5.94. The van der Waals surface area contributed by atoms with Crippen LogP contribution in [0.15, 0.2) is 0 Å². The van der Waals surface area contributed by atoms with Gasteiger partial charge in [0.1, 0.15) is 6.04 Å². The van der Waals surface area contributed by atoms with Gasteiger partial charge in [-0.1, -0.05) is 13.3 Å². The van der Waals surface area contributed by atoms with Crippen LogP contribution >= 0.6 is 0 Å². The molecule has 16 heavy (non-hydrogen) atoms. The Bertz CT molecular complexity index is 221. The summed E-state index contributed by atoms with van der Waals surface area (Å²) in [5.41, 5.74) is 5.77. The van der Waals surface area contributed by atoms with E-state index in [1.807, 2.05) is 13.8 Å². The largest absolute Gasteiger partial charge is 0.465 e. The van der Waals surface area contributed by atoms with Crippen LogP contribution in [-0.4, -0.2) is 42.6 Å². The monoisotopic (exact) mass is 228 g/mol. The average Bonchev–Trinajstić information content (AvgIpc) is 2.31. The van der Waals surface area contributed by atoms with Crippen LogP contribution in [0.4, 0.5) is 0 Å². The zero-order valence-electron chi connectivity index (χ0n) is 10.4. The van der Waals surface area contributed by atoms with E-state index in [0.717, 1.165) is 25.8 Å². The summed E-state index contributed by atoms with van der Waals surface area (Å²) in [6.07, 6.45) is 4.28. The van der Waals surface area contributed by atoms with Crippen molar-refractivity contribution in [2.45, 2.75) is 51.6 Å². The van der Waals surface area contributed by atoms with Crippen LogP contribution in [0.1, 0.15) is 39.5 Å². The van der Waals surface area contributed by atoms with Crippen molar-refractivity contribution >= 4 is 5.97 Å². The molecule has 94 valence electrons. The van der Waals surface area contributed by atoms with E-state index in [1.165, 1.54) is 6.42 Å². The molecule has 4 heteroatoms. The van der Waals surface area contributed by atoms with Gasteiger partial charge in [-0.25, -0.2) is 0 Å². The Balaban J connectivity index is 2.65. The fourth-order valence-corrected chi connectivity index (χ4v) is 2.46. The summed E-state index contributed by atoms with van der Waals surface area (Å²) < 4.78 is 5.12. The summed E-state index contributed by atoms with van der Waals surface area (Å²) in [7, 11) is 0. The van der Waals surface area contributed by atoms with Gasteiger partial charge >= 0.3 is 5.97 Å². The predicted octanol–water partition coefficient (Wildman–Crippen LogP) is 1.14. The third-order valence-corrected chi connectivity index (χ3v) is 3.29. The van der Waals surface area contributed by atoms with Crippen molar-refractivity contribution < 1.29 is 9.53 Å². The van der Waals surface area contributed by atoms with Crippen LogP contribution in [-0.2, 0) is 9.53 Å². The van der Waals surface area contributed by atoms with Gasteiger partial charge in [-0.3, -0.25) is 9.69 Å². The van der Waals surface area contributed by atoms with Gasteiger partial charge in [0.15, 0.2) is 0 Å². The number of nitrogens with two attached hydrogens (primary N) is 1. The Hall–Kier alpha value is -0.610. The van der Waals surface area contributed by atoms with E-state index in [-0.39, 0.29) is 12.0 Å². The van der Waals surface area contributed by atoms with Crippen molar-refractivity contribution in [1.29, 1.82) is 0 Å². The molecule has 1 heterocycles. The first-order valence-electron chi connectivity index (χ1n) is 6.37. The predicted molar refractivity (Wildman–Crippen MR) is 64.1 cm³/mol. The highest BCUT2D eigenvalue weighted by molar-refractivity contribution is 5.75. The molecule has 1 saturated heterocycles. The zero-order chi connectivity index (χ0) is 12.0. The van der Waals surface area contributed by atoms with Gasteiger partial charge < -0.3 is 10.5 Å². The number of hydrogen-bond donors (Lipinski definition) is 1. The fourth-order valence-electron chi connectivity index (χ4n) is 2.46. The summed E-state index contributed by atoms with van der Waals surface area (Å²) >= 11 is 0. The molecule has 2 atom stereocenters. The molecule has 0 radical (unpaired) electrons. The van der Waals surface area contributed by atoms with E-state index in [1.54, 1.807) is 0 Å². The average molecular weight is 228 g/mol. The second-order valence-electron chi connectivity index (χ2n) is 4.30. The molecule has 0 amide bonds. The highest BCUT2D eigenvalue weighted by atomic mass is 16.5. The summed E-state index contributed by atoms with van der Waals surface area (Å²) in [6, 6.07) is 0.247. The summed E-state index contributed by atoms with van der Waals surface area (Å²) in [5.74, 6) is -0.0923. The summed E-state index contributed by atoms with van der Waals surface area (Å²) in [4.78, 5) is 14.1. The SMILES string of the molecule is CCOC(=O)C(CC)N1CCCCC1CN. The molecule has 1 aliphatic rings. The van der Waals surface area contributed by atoms with Crippen molar-refractivity contribution in [3.8, 4) is 0 Å². The van der Waals surface area contributed by atoms with Crippen LogP contribution in [0.2, 0.25) is 0 Å². The second kappa shape index (κ2) is 6.86. The number of nitrogens with zero attached hydrogens (tertiary/aromatic N) is 1. The first-order chi connectivity index (χ1) is 7.74. The Kier molecular flexibility index (Phi) is 5.77. The third kappa shape index (κ3) is 3.19. The topological polar surface area (TPSA) is 55.6 Å². The number of carbonyl (C=O) groups is 1. The molecule has 1 fully saturated rings. The lowest BCUT2D eigenvalue weighted by Gasteiger charge is -2.39. The first kappa shape index (κ1) is 13.5. The van der Waals surface area contributed by atoms with Crippen LogP contribution in [0, 0.1) is 0 Å². The minimum atomic E-state index is -0.103. The van der Waals surface area contributed by atoms with Gasteiger partial charge in [0.25, 0.3) is 0 Å². The number of esters is 1. The molecule has 0 aromatic carbocycles. The molecular weight excluding hydrogens is 204 g/mol. The van der Waals surface area contributed by atoms with Gasteiger partial charge in [-0.2, -0.15) is 0 Å². The molecule has 0 saturated carbocycles. The van der Waals surface area contributed by atoms with Gasteiger partial charge in [0.05, 0.1) is 6.61 Å². The van der Waals surface area contributed by atoms with E-state index in [4.69, 9.17) is 10.5 Å². The maximum Gasteiger partial charge on any atom is 0.323 e. The van der Waals surface area contributed by atoms with Crippen molar-refractivity contribution in [3.63, 3.8) is 0 Å². The molecule has 0 aromatic rings. The maximum atomic E-state index is 11.8. The zero-order valence-corrected chi connectivity index (χ0v) is 10.4. The van der Waals surface area contributed by atoms with E-state index < -0.39 is 0 Å². The maximum absolute atomic E-state index is 11.8. The molecule has 1 rings (SSSR count). The summed E-state index contributed by atoms with van der Waals surface area (Å²) in [5, 5.41) is 0. The number of hydrogen-bond acceptors (Lipinski definition) is 4. The van der Waals surface area contributed by atoms with E-state index in [0.29, 0.717) is 19.2 Å². The highest BCUT2D eigenvalue weighted by Crippen LogP contribution is 2.21. The first-order valence-corrected chi connectivity index (χ1v) is 6.37. The molecule has 0 spiro atoms. The van der Waals surface area contributed by atoms with Crippen molar-refractivity contribution in [3.05, 3.63) is 0 Å². The third-order valence-electron chi connectivity index (χ3n) is 3.29. The van der Waals surface area contributed by atoms with Crippen LogP contribution in [0.25, 0.3) is 0 Å². The van der Waals surface area contributed by atoms with Crippen LogP contribution in [0.3, 0.4) is 0 Å².